The fraction of sp³-hybridized carbons (Fsp3) is 0.462. The summed E-state index contributed by atoms with van der Waals surface area (Å²) in [4.78, 5) is 11.6. The Kier molecular flexibility index (Phi) is 4.75. The Bertz CT molecular complexity index is 488. The Hall–Kier alpha value is -1.63. The van der Waals surface area contributed by atoms with Crippen molar-refractivity contribution in [3.05, 3.63) is 29.8 Å². The maximum Gasteiger partial charge on any atom is 0.458 e. The predicted molar refractivity (Wildman–Crippen MR) is 66.1 cm³/mol. The Balaban J connectivity index is 3.08. The van der Waals surface area contributed by atoms with Crippen LogP contribution in [0, 0.1) is 0 Å². The summed E-state index contributed by atoms with van der Waals surface area (Å²) in [5, 5.41) is 1.93. The Morgan fingerprint density at radius 2 is 1.75 bits per heavy atom. The number of hydrogen-bond acceptors (Lipinski definition) is 2. The molecule has 0 aliphatic rings. The number of anilines is 1. The molecule has 0 bridgehead atoms. The van der Waals surface area contributed by atoms with Crippen LogP contribution in [0.3, 0.4) is 0 Å². The van der Waals surface area contributed by atoms with Crippen molar-refractivity contribution in [3.8, 4) is 0 Å². The van der Waals surface area contributed by atoms with E-state index in [1.54, 1.807) is 26.0 Å². The van der Waals surface area contributed by atoms with Gasteiger partial charge in [0.2, 0.25) is 0 Å². The van der Waals surface area contributed by atoms with Gasteiger partial charge in [-0.15, -0.1) is 0 Å². The number of amides is 1. The molecule has 1 amide bonds. The molecule has 3 nitrogen and oxygen atoms in total. The number of halogens is 4. The second-order valence-corrected chi connectivity index (χ2v) is 4.49. The second kappa shape index (κ2) is 5.78. The maximum absolute atomic E-state index is 13.7. The van der Waals surface area contributed by atoms with Crippen LogP contribution in [-0.4, -0.2) is 25.0 Å². The summed E-state index contributed by atoms with van der Waals surface area (Å²) in [6, 6.07) is 6.25. The third kappa shape index (κ3) is 3.09. The first kappa shape index (κ1) is 16.4. The molecule has 0 aliphatic carbocycles. The second-order valence-electron chi connectivity index (χ2n) is 4.49. The van der Waals surface area contributed by atoms with Gasteiger partial charge in [0.25, 0.3) is 5.91 Å². The minimum atomic E-state index is -5.46. The van der Waals surface area contributed by atoms with Gasteiger partial charge in [-0.1, -0.05) is 32.0 Å². The first-order valence-electron chi connectivity index (χ1n) is 5.84. The lowest BCUT2D eigenvalue weighted by Crippen LogP contribution is -2.52. The van der Waals surface area contributed by atoms with Crippen LogP contribution in [0.15, 0.2) is 24.3 Å². The number of benzene rings is 1. The van der Waals surface area contributed by atoms with Crippen LogP contribution in [0.25, 0.3) is 0 Å². The van der Waals surface area contributed by atoms with Crippen molar-refractivity contribution in [2.45, 2.75) is 31.8 Å². The number of methoxy groups -OCH3 is 1. The average Bonchev–Trinajstić information content (AvgIpc) is 2.36. The lowest BCUT2D eigenvalue weighted by Gasteiger charge is -2.25. The molecule has 0 saturated heterocycles. The summed E-state index contributed by atoms with van der Waals surface area (Å²) in [7, 11) is 0.488. The first-order valence-corrected chi connectivity index (χ1v) is 5.84. The van der Waals surface area contributed by atoms with Gasteiger partial charge in [0.05, 0.1) is 0 Å². The van der Waals surface area contributed by atoms with E-state index in [1.807, 2.05) is 5.32 Å². The van der Waals surface area contributed by atoms with E-state index < -0.39 is 17.9 Å². The molecule has 7 heteroatoms. The predicted octanol–water partition coefficient (Wildman–Crippen LogP) is 3.62. The fourth-order valence-electron chi connectivity index (χ4n) is 1.65. The molecule has 1 atom stereocenters. The van der Waals surface area contributed by atoms with Crippen molar-refractivity contribution in [2.75, 3.05) is 12.4 Å². The molecule has 0 aliphatic heterocycles. The summed E-state index contributed by atoms with van der Waals surface area (Å²) in [5.74, 6) is -6.33. The van der Waals surface area contributed by atoms with Gasteiger partial charge in [-0.05, 0) is 17.5 Å². The van der Waals surface area contributed by atoms with E-state index in [9.17, 15) is 22.4 Å². The minimum Gasteiger partial charge on any atom is -0.335 e. The normalized spacial score (nSPS) is 15.0. The third-order valence-corrected chi connectivity index (χ3v) is 2.77. The van der Waals surface area contributed by atoms with Crippen LogP contribution in [-0.2, 0) is 9.53 Å². The quantitative estimate of drug-likeness (QED) is 0.861. The molecule has 0 spiro atoms. The van der Waals surface area contributed by atoms with E-state index in [0.717, 1.165) is 0 Å². The summed E-state index contributed by atoms with van der Waals surface area (Å²) in [5.41, 5.74) is 0.720. The van der Waals surface area contributed by atoms with Crippen molar-refractivity contribution in [2.24, 2.45) is 0 Å². The van der Waals surface area contributed by atoms with E-state index in [4.69, 9.17) is 0 Å². The van der Waals surface area contributed by atoms with Crippen LogP contribution < -0.4 is 5.32 Å². The number of carbonyl (C=O) groups excluding carboxylic acids is 1. The van der Waals surface area contributed by atoms with Crippen molar-refractivity contribution >= 4 is 11.6 Å². The highest BCUT2D eigenvalue weighted by Crippen LogP contribution is 2.36. The molecule has 112 valence electrons. The first-order chi connectivity index (χ1) is 9.13. The van der Waals surface area contributed by atoms with E-state index in [1.165, 1.54) is 12.1 Å². The zero-order valence-electron chi connectivity index (χ0n) is 11.2. The van der Waals surface area contributed by atoms with Gasteiger partial charge in [-0.3, -0.25) is 4.79 Å². The molecule has 1 rings (SSSR count). The zero-order valence-corrected chi connectivity index (χ0v) is 11.2. The van der Waals surface area contributed by atoms with Gasteiger partial charge in [-0.2, -0.15) is 17.6 Å². The van der Waals surface area contributed by atoms with Crippen LogP contribution in [0.1, 0.15) is 25.3 Å². The van der Waals surface area contributed by atoms with Crippen LogP contribution in [0.5, 0.6) is 0 Å². The highest BCUT2D eigenvalue weighted by Gasteiger charge is 2.63. The van der Waals surface area contributed by atoms with Crippen molar-refractivity contribution in [3.63, 3.8) is 0 Å². The van der Waals surface area contributed by atoms with Crippen molar-refractivity contribution in [1.82, 2.24) is 0 Å². The summed E-state index contributed by atoms with van der Waals surface area (Å²) >= 11 is 0. The summed E-state index contributed by atoms with van der Waals surface area (Å²) < 4.78 is 55.1. The SMILES string of the molecule is CO[C@](F)(C(=O)Nc1ccccc1C(C)C)C(F)(F)F. The van der Waals surface area contributed by atoms with E-state index in [0.29, 0.717) is 12.7 Å². The van der Waals surface area contributed by atoms with E-state index in [2.05, 4.69) is 4.74 Å². The van der Waals surface area contributed by atoms with E-state index in [-0.39, 0.29) is 11.6 Å². The Labute approximate surface area is 113 Å². The molecular weight excluding hydrogens is 278 g/mol. The van der Waals surface area contributed by atoms with Gasteiger partial charge in [0, 0.05) is 12.8 Å². The van der Waals surface area contributed by atoms with Crippen LogP contribution in [0.4, 0.5) is 23.2 Å². The van der Waals surface area contributed by atoms with E-state index >= 15 is 0 Å². The zero-order chi connectivity index (χ0) is 15.6. The molecule has 0 heterocycles. The molecule has 0 fully saturated rings. The highest BCUT2D eigenvalue weighted by atomic mass is 19.4. The monoisotopic (exact) mass is 293 g/mol. The molecule has 20 heavy (non-hydrogen) atoms. The largest absolute Gasteiger partial charge is 0.458 e. The van der Waals surface area contributed by atoms with Gasteiger partial charge in [0.1, 0.15) is 0 Å². The number of ether oxygens (including phenoxy) is 1. The molecule has 0 radical (unpaired) electrons. The Morgan fingerprint density at radius 1 is 1.20 bits per heavy atom. The number of rotatable bonds is 4. The highest BCUT2D eigenvalue weighted by molar-refractivity contribution is 5.97. The van der Waals surface area contributed by atoms with Crippen LogP contribution >= 0.6 is 0 Å². The summed E-state index contributed by atoms with van der Waals surface area (Å²) in [6.45, 7) is 3.60. The van der Waals surface area contributed by atoms with Crippen molar-refractivity contribution in [1.29, 1.82) is 0 Å². The van der Waals surface area contributed by atoms with Gasteiger partial charge in [0.15, 0.2) is 0 Å². The lowest BCUT2D eigenvalue weighted by atomic mass is 10.0. The third-order valence-electron chi connectivity index (χ3n) is 2.77. The molecular formula is C13H15F4NO2. The minimum absolute atomic E-state index is 0.0473. The van der Waals surface area contributed by atoms with Gasteiger partial charge in [-0.25, -0.2) is 0 Å². The number of hydrogen-bond donors (Lipinski definition) is 1. The number of carbonyl (C=O) groups is 1. The standard InChI is InChI=1S/C13H15F4NO2/c1-8(2)9-6-4-5-7-10(9)18-11(19)12(14,20-3)13(15,16)17/h4-8H,1-3H3,(H,18,19)/t12-/m1/s1. The number of nitrogens with one attached hydrogen (secondary N) is 1. The van der Waals surface area contributed by atoms with Crippen molar-refractivity contribution < 1.29 is 27.1 Å². The average molecular weight is 293 g/mol. The van der Waals surface area contributed by atoms with Gasteiger partial charge < -0.3 is 10.1 Å². The molecule has 1 N–H and O–H groups in total. The molecule has 1 aromatic rings. The molecule has 0 unspecified atom stereocenters. The van der Waals surface area contributed by atoms with Crippen LogP contribution in [0.2, 0.25) is 0 Å². The number of para-hydroxylation sites is 1. The lowest BCUT2D eigenvalue weighted by molar-refractivity contribution is -0.305. The number of alkyl halides is 4. The fourth-order valence-corrected chi connectivity index (χ4v) is 1.65. The van der Waals surface area contributed by atoms with Gasteiger partial charge >= 0.3 is 12.0 Å². The maximum atomic E-state index is 13.7. The smallest absolute Gasteiger partial charge is 0.335 e. The molecule has 0 aromatic heterocycles. The summed E-state index contributed by atoms with van der Waals surface area (Å²) in [6.07, 6.45) is -5.46. The Morgan fingerprint density at radius 3 is 2.20 bits per heavy atom. The molecule has 1 aromatic carbocycles. The molecule has 0 saturated carbocycles. The topological polar surface area (TPSA) is 38.3 Å².